The van der Waals surface area contributed by atoms with Crippen molar-refractivity contribution < 1.29 is 4.79 Å². The van der Waals surface area contributed by atoms with Crippen LogP contribution in [0.15, 0.2) is 0 Å². The SMILES string of the molecule is CC(=O)c1nnsc1Cl. The molecule has 0 amide bonds. The van der Waals surface area contributed by atoms with E-state index in [1.54, 1.807) is 0 Å². The van der Waals surface area contributed by atoms with Crippen LogP contribution in [0.1, 0.15) is 17.4 Å². The Morgan fingerprint density at radius 2 is 2.44 bits per heavy atom. The molecule has 0 aliphatic carbocycles. The van der Waals surface area contributed by atoms with E-state index in [9.17, 15) is 4.79 Å². The van der Waals surface area contributed by atoms with E-state index in [1.807, 2.05) is 0 Å². The van der Waals surface area contributed by atoms with Gasteiger partial charge in [-0.2, -0.15) is 0 Å². The van der Waals surface area contributed by atoms with Gasteiger partial charge in [0.05, 0.1) is 0 Å². The molecule has 1 aromatic heterocycles. The number of carbonyl (C=O) groups excluding carboxylic acids is 1. The molecule has 0 bridgehead atoms. The molecule has 9 heavy (non-hydrogen) atoms. The predicted molar refractivity (Wildman–Crippen MR) is 34.9 cm³/mol. The molecule has 3 nitrogen and oxygen atoms in total. The molecule has 0 aliphatic rings. The molecule has 0 saturated heterocycles. The third-order valence-corrected chi connectivity index (χ3v) is 1.68. The molecule has 1 heterocycles. The summed E-state index contributed by atoms with van der Waals surface area (Å²) in [4.78, 5) is 10.5. The number of nitrogens with zero attached hydrogens (tertiary/aromatic N) is 2. The van der Waals surface area contributed by atoms with Gasteiger partial charge in [0.2, 0.25) is 0 Å². The Kier molecular flexibility index (Phi) is 1.78. The molecule has 5 heteroatoms. The normalized spacial score (nSPS) is 9.56. The minimum atomic E-state index is -0.145. The molecule has 0 saturated carbocycles. The van der Waals surface area contributed by atoms with Crippen molar-refractivity contribution in [2.75, 3.05) is 0 Å². The van der Waals surface area contributed by atoms with Gasteiger partial charge in [0.1, 0.15) is 4.34 Å². The van der Waals surface area contributed by atoms with Gasteiger partial charge in [-0.3, -0.25) is 4.79 Å². The summed E-state index contributed by atoms with van der Waals surface area (Å²) >= 11 is 6.52. The van der Waals surface area contributed by atoms with Crippen molar-refractivity contribution in [3.63, 3.8) is 0 Å². The molecular weight excluding hydrogens is 160 g/mol. The van der Waals surface area contributed by atoms with Crippen molar-refractivity contribution >= 4 is 28.9 Å². The minimum Gasteiger partial charge on any atom is -0.293 e. The van der Waals surface area contributed by atoms with E-state index in [2.05, 4.69) is 9.59 Å². The standard InChI is InChI=1S/C4H3ClN2OS/c1-2(8)3-4(5)9-7-6-3/h1H3. The maximum absolute atomic E-state index is 10.5. The summed E-state index contributed by atoms with van der Waals surface area (Å²) < 4.78 is 3.85. The van der Waals surface area contributed by atoms with Crippen LogP contribution in [0.3, 0.4) is 0 Å². The van der Waals surface area contributed by atoms with Crippen LogP contribution in [0.2, 0.25) is 4.34 Å². The van der Waals surface area contributed by atoms with Crippen LogP contribution in [-0.4, -0.2) is 15.4 Å². The average Bonchev–Trinajstić information content (AvgIpc) is 2.13. The quantitative estimate of drug-likeness (QED) is 0.587. The fourth-order valence-electron chi connectivity index (χ4n) is 0.388. The van der Waals surface area contributed by atoms with Gasteiger partial charge in [-0.05, 0) is 0 Å². The first-order valence-electron chi connectivity index (χ1n) is 2.20. The van der Waals surface area contributed by atoms with Gasteiger partial charge < -0.3 is 0 Å². The molecule has 1 rings (SSSR count). The molecular formula is C4H3ClN2OS. The molecule has 48 valence electrons. The van der Waals surface area contributed by atoms with Crippen molar-refractivity contribution in [2.24, 2.45) is 0 Å². The molecule has 0 N–H and O–H groups in total. The van der Waals surface area contributed by atoms with Crippen LogP contribution in [0, 0.1) is 0 Å². The molecule has 0 unspecified atom stereocenters. The van der Waals surface area contributed by atoms with Crippen molar-refractivity contribution in [1.82, 2.24) is 9.59 Å². The fraction of sp³-hybridized carbons (Fsp3) is 0.250. The Balaban J connectivity index is 3.08. The van der Waals surface area contributed by atoms with Gasteiger partial charge >= 0.3 is 0 Å². The van der Waals surface area contributed by atoms with Crippen LogP contribution >= 0.6 is 23.1 Å². The smallest absolute Gasteiger partial charge is 0.182 e. The van der Waals surface area contributed by atoms with Crippen molar-refractivity contribution in [2.45, 2.75) is 6.92 Å². The van der Waals surface area contributed by atoms with Crippen LogP contribution < -0.4 is 0 Å². The number of Topliss-reactive ketones (excluding diaryl/α,β-unsaturated/α-hetero) is 1. The van der Waals surface area contributed by atoms with Gasteiger partial charge in [0.25, 0.3) is 0 Å². The first-order chi connectivity index (χ1) is 4.22. The third kappa shape index (κ3) is 1.25. The lowest BCUT2D eigenvalue weighted by atomic mass is 10.4. The fourth-order valence-corrected chi connectivity index (χ4v) is 1.12. The summed E-state index contributed by atoms with van der Waals surface area (Å²) in [5, 5.41) is 3.50. The Bertz CT molecular complexity index is 234. The van der Waals surface area contributed by atoms with E-state index in [-0.39, 0.29) is 11.5 Å². The van der Waals surface area contributed by atoms with Gasteiger partial charge in [0, 0.05) is 18.5 Å². The minimum absolute atomic E-state index is 0.145. The molecule has 0 radical (unpaired) electrons. The van der Waals surface area contributed by atoms with Gasteiger partial charge in [0.15, 0.2) is 11.5 Å². The number of halogens is 1. The van der Waals surface area contributed by atoms with E-state index in [0.717, 1.165) is 11.5 Å². The number of rotatable bonds is 1. The first-order valence-corrected chi connectivity index (χ1v) is 3.35. The number of aromatic nitrogens is 2. The lowest BCUT2D eigenvalue weighted by molar-refractivity contribution is 0.101. The van der Waals surface area contributed by atoms with Gasteiger partial charge in [-0.25, -0.2) is 0 Å². The molecule has 0 fully saturated rings. The van der Waals surface area contributed by atoms with Crippen LogP contribution in [0.25, 0.3) is 0 Å². The topological polar surface area (TPSA) is 42.9 Å². The number of hydrogen-bond donors (Lipinski definition) is 0. The summed E-state index contributed by atoms with van der Waals surface area (Å²) in [5.74, 6) is -0.145. The van der Waals surface area contributed by atoms with Crippen molar-refractivity contribution in [3.8, 4) is 0 Å². The molecule has 0 atom stereocenters. The number of ketones is 1. The Hall–Kier alpha value is -0.480. The Morgan fingerprint density at radius 3 is 2.67 bits per heavy atom. The third-order valence-electron chi connectivity index (χ3n) is 0.781. The highest BCUT2D eigenvalue weighted by Crippen LogP contribution is 2.16. The van der Waals surface area contributed by atoms with E-state index in [0.29, 0.717) is 4.34 Å². The predicted octanol–water partition coefficient (Wildman–Crippen LogP) is 1.39. The highest BCUT2D eigenvalue weighted by Gasteiger charge is 2.08. The van der Waals surface area contributed by atoms with E-state index in [4.69, 9.17) is 11.6 Å². The lowest BCUT2D eigenvalue weighted by Gasteiger charge is -1.81. The summed E-state index contributed by atoms with van der Waals surface area (Å²) in [6.07, 6.45) is 0. The first kappa shape index (κ1) is 6.64. The van der Waals surface area contributed by atoms with Crippen LogP contribution in [-0.2, 0) is 0 Å². The second kappa shape index (κ2) is 2.41. The van der Waals surface area contributed by atoms with Crippen molar-refractivity contribution in [3.05, 3.63) is 10.0 Å². The van der Waals surface area contributed by atoms with Gasteiger partial charge in [-0.1, -0.05) is 16.1 Å². The Labute approximate surface area is 60.8 Å². The molecule has 0 aromatic carbocycles. The molecule has 1 aromatic rings. The van der Waals surface area contributed by atoms with E-state index < -0.39 is 0 Å². The van der Waals surface area contributed by atoms with Gasteiger partial charge in [-0.15, -0.1) is 5.10 Å². The summed E-state index contributed by atoms with van der Waals surface area (Å²) in [5.41, 5.74) is 0.265. The summed E-state index contributed by atoms with van der Waals surface area (Å²) in [6, 6.07) is 0. The zero-order valence-electron chi connectivity index (χ0n) is 4.59. The summed E-state index contributed by atoms with van der Waals surface area (Å²) in [7, 11) is 0. The van der Waals surface area contributed by atoms with Crippen molar-refractivity contribution in [1.29, 1.82) is 0 Å². The number of carbonyl (C=O) groups is 1. The lowest BCUT2D eigenvalue weighted by Crippen LogP contribution is -1.91. The highest BCUT2D eigenvalue weighted by atomic mass is 35.5. The highest BCUT2D eigenvalue weighted by molar-refractivity contribution is 7.10. The second-order valence-electron chi connectivity index (χ2n) is 1.45. The monoisotopic (exact) mass is 162 g/mol. The number of hydrogen-bond acceptors (Lipinski definition) is 4. The Morgan fingerprint density at radius 1 is 1.78 bits per heavy atom. The summed E-state index contributed by atoms with van der Waals surface area (Å²) in [6.45, 7) is 1.41. The molecule has 0 spiro atoms. The molecule has 0 aliphatic heterocycles. The van der Waals surface area contributed by atoms with Crippen LogP contribution in [0.5, 0.6) is 0 Å². The maximum Gasteiger partial charge on any atom is 0.182 e. The van der Waals surface area contributed by atoms with Crippen LogP contribution in [0.4, 0.5) is 0 Å². The van der Waals surface area contributed by atoms with E-state index >= 15 is 0 Å². The largest absolute Gasteiger partial charge is 0.293 e. The second-order valence-corrected chi connectivity index (χ2v) is 2.81. The average molecular weight is 163 g/mol. The maximum atomic E-state index is 10.5. The zero-order valence-corrected chi connectivity index (χ0v) is 6.16. The zero-order chi connectivity index (χ0) is 6.85. The van der Waals surface area contributed by atoms with E-state index in [1.165, 1.54) is 6.92 Å².